The zero-order valence-electron chi connectivity index (χ0n) is 19.9. The van der Waals surface area contributed by atoms with E-state index in [2.05, 4.69) is 55.7 Å². The van der Waals surface area contributed by atoms with Gasteiger partial charge in [-0.1, -0.05) is 72.3 Å². The van der Waals surface area contributed by atoms with Gasteiger partial charge in [-0.3, -0.25) is 4.79 Å². The molecule has 5 aromatic rings. The molecule has 0 atom stereocenters. The van der Waals surface area contributed by atoms with Crippen LogP contribution in [0.15, 0.2) is 102 Å². The second kappa shape index (κ2) is 12.2. The van der Waals surface area contributed by atoms with Crippen LogP contribution in [0.1, 0.15) is 21.5 Å². The lowest BCUT2D eigenvalue weighted by Crippen LogP contribution is -2.18. The quantitative estimate of drug-likeness (QED) is 0.104. The standard InChI is InChI=1S/C30H20ClI2N3O2/c31-22-12-10-19(11-13-22)18-38-29-21(14-23(32)15-26(29)33)17-34-36-30(37)25-16-28(20-6-2-1-3-7-20)35-27-9-5-4-8-24(25)27/h1-17H,18H2,(H,36,37)/b34-17-. The van der Waals surface area contributed by atoms with Crippen molar-refractivity contribution in [2.75, 3.05) is 0 Å². The lowest BCUT2D eigenvalue weighted by Gasteiger charge is -2.12. The molecule has 8 heteroatoms. The van der Waals surface area contributed by atoms with Crippen LogP contribution in [0.3, 0.4) is 0 Å². The molecule has 4 aromatic carbocycles. The third-order valence-electron chi connectivity index (χ3n) is 5.73. The maximum absolute atomic E-state index is 13.3. The summed E-state index contributed by atoms with van der Waals surface area (Å²) in [6.07, 6.45) is 1.61. The van der Waals surface area contributed by atoms with Gasteiger partial charge in [0, 0.05) is 25.1 Å². The van der Waals surface area contributed by atoms with Crippen molar-refractivity contribution in [3.05, 3.63) is 126 Å². The number of pyridine rings is 1. The van der Waals surface area contributed by atoms with Gasteiger partial charge in [-0.25, -0.2) is 10.4 Å². The van der Waals surface area contributed by atoms with Gasteiger partial charge >= 0.3 is 0 Å². The minimum atomic E-state index is -0.319. The maximum atomic E-state index is 13.3. The first kappa shape index (κ1) is 26.6. The maximum Gasteiger partial charge on any atom is 0.272 e. The third kappa shape index (κ3) is 6.33. The van der Waals surface area contributed by atoms with Crippen molar-refractivity contribution in [1.82, 2.24) is 10.4 Å². The fourth-order valence-electron chi connectivity index (χ4n) is 3.91. The topological polar surface area (TPSA) is 63.6 Å². The van der Waals surface area contributed by atoms with E-state index >= 15 is 0 Å². The Morgan fingerprint density at radius 1 is 0.947 bits per heavy atom. The van der Waals surface area contributed by atoms with Crippen LogP contribution in [-0.2, 0) is 6.61 Å². The van der Waals surface area contributed by atoms with E-state index in [1.54, 1.807) is 12.3 Å². The minimum Gasteiger partial charge on any atom is -0.487 e. The highest BCUT2D eigenvalue weighted by molar-refractivity contribution is 14.1. The van der Waals surface area contributed by atoms with Crippen LogP contribution in [0.2, 0.25) is 5.02 Å². The van der Waals surface area contributed by atoms with Crippen molar-refractivity contribution in [1.29, 1.82) is 0 Å². The Labute approximate surface area is 252 Å². The number of hydrogen-bond donors (Lipinski definition) is 1. The predicted octanol–water partition coefficient (Wildman–Crippen LogP) is 8.11. The number of para-hydroxylation sites is 1. The molecule has 5 rings (SSSR count). The molecular formula is C30H20ClI2N3O2. The third-order valence-corrected chi connectivity index (χ3v) is 7.41. The van der Waals surface area contributed by atoms with Gasteiger partial charge in [0.25, 0.3) is 5.91 Å². The molecule has 1 amide bonds. The molecule has 0 unspecified atom stereocenters. The Balaban J connectivity index is 1.40. The molecule has 38 heavy (non-hydrogen) atoms. The Kier molecular flexibility index (Phi) is 8.55. The summed E-state index contributed by atoms with van der Waals surface area (Å²) in [6, 6.07) is 30.7. The van der Waals surface area contributed by atoms with Gasteiger partial charge in [-0.15, -0.1) is 0 Å². The van der Waals surface area contributed by atoms with Gasteiger partial charge in [0.05, 0.1) is 26.6 Å². The number of carbonyl (C=O) groups is 1. The molecule has 0 aliphatic heterocycles. The molecule has 0 spiro atoms. The summed E-state index contributed by atoms with van der Waals surface area (Å²) in [4.78, 5) is 18.0. The zero-order chi connectivity index (χ0) is 26.5. The summed E-state index contributed by atoms with van der Waals surface area (Å²) in [5.41, 5.74) is 7.36. The Morgan fingerprint density at radius 3 is 2.47 bits per heavy atom. The van der Waals surface area contributed by atoms with E-state index in [4.69, 9.17) is 21.3 Å². The van der Waals surface area contributed by atoms with E-state index < -0.39 is 0 Å². The van der Waals surface area contributed by atoms with Gasteiger partial charge in [-0.05, 0) is 87.1 Å². The Bertz CT molecular complexity index is 1640. The summed E-state index contributed by atoms with van der Waals surface area (Å²) in [5, 5.41) is 5.73. The first-order valence-electron chi connectivity index (χ1n) is 11.6. The van der Waals surface area contributed by atoms with Gasteiger partial charge in [0.2, 0.25) is 0 Å². The fourth-order valence-corrected chi connectivity index (χ4v) is 6.08. The number of aromatic nitrogens is 1. The molecule has 0 radical (unpaired) electrons. The Hall–Kier alpha value is -3.02. The molecule has 0 saturated carbocycles. The van der Waals surface area contributed by atoms with Gasteiger partial charge in [0.1, 0.15) is 12.4 Å². The van der Waals surface area contributed by atoms with Crippen LogP contribution in [0.5, 0.6) is 5.75 Å². The minimum absolute atomic E-state index is 0.319. The number of benzene rings is 4. The lowest BCUT2D eigenvalue weighted by atomic mass is 10.0. The highest BCUT2D eigenvalue weighted by Crippen LogP contribution is 2.29. The molecule has 188 valence electrons. The van der Waals surface area contributed by atoms with Crippen molar-refractivity contribution in [2.45, 2.75) is 6.61 Å². The summed E-state index contributed by atoms with van der Waals surface area (Å²) in [5.74, 6) is 0.376. The molecule has 1 N–H and O–H groups in total. The van der Waals surface area contributed by atoms with Crippen molar-refractivity contribution in [2.24, 2.45) is 5.10 Å². The van der Waals surface area contributed by atoms with E-state index in [1.165, 1.54) is 0 Å². The summed E-state index contributed by atoms with van der Waals surface area (Å²) >= 11 is 10.5. The van der Waals surface area contributed by atoms with Crippen LogP contribution in [-0.4, -0.2) is 17.1 Å². The first-order valence-corrected chi connectivity index (χ1v) is 14.2. The molecule has 0 bridgehead atoms. The van der Waals surface area contributed by atoms with Crippen LogP contribution in [0, 0.1) is 7.14 Å². The number of fused-ring (bicyclic) bond motifs is 1. The number of hydrogen-bond acceptors (Lipinski definition) is 4. The van der Waals surface area contributed by atoms with Crippen molar-refractivity contribution < 1.29 is 9.53 Å². The van der Waals surface area contributed by atoms with Crippen LogP contribution >= 0.6 is 56.8 Å². The predicted molar refractivity (Wildman–Crippen MR) is 170 cm³/mol. The highest BCUT2D eigenvalue weighted by atomic mass is 127. The van der Waals surface area contributed by atoms with Crippen LogP contribution < -0.4 is 10.2 Å². The number of amides is 1. The average molecular weight is 744 g/mol. The van der Waals surface area contributed by atoms with E-state index in [1.807, 2.05) is 91.0 Å². The van der Waals surface area contributed by atoms with Crippen molar-refractivity contribution in [3.63, 3.8) is 0 Å². The summed E-state index contributed by atoms with van der Waals surface area (Å²) < 4.78 is 8.13. The Morgan fingerprint density at radius 2 is 1.68 bits per heavy atom. The smallest absolute Gasteiger partial charge is 0.272 e. The largest absolute Gasteiger partial charge is 0.487 e. The highest BCUT2D eigenvalue weighted by Gasteiger charge is 2.14. The monoisotopic (exact) mass is 743 g/mol. The van der Waals surface area contributed by atoms with E-state index in [9.17, 15) is 4.79 Å². The zero-order valence-corrected chi connectivity index (χ0v) is 24.9. The van der Waals surface area contributed by atoms with Crippen molar-refractivity contribution >= 4 is 79.8 Å². The van der Waals surface area contributed by atoms with E-state index in [0.717, 1.165) is 40.4 Å². The number of hydrazone groups is 1. The molecule has 1 aromatic heterocycles. The summed E-state index contributed by atoms with van der Waals surface area (Å²) in [7, 11) is 0. The molecule has 5 nitrogen and oxygen atoms in total. The number of carbonyl (C=O) groups excluding carboxylic acids is 1. The van der Waals surface area contributed by atoms with Gasteiger partial charge in [-0.2, -0.15) is 5.10 Å². The first-order chi connectivity index (χ1) is 18.5. The van der Waals surface area contributed by atoms with Crippen LogP contribution in [0.25, 0.3) is 22.2 Å². The normalized spacial score (nSPS) is 11.1. The van der Waals surface area contributed by atoms with Gasteiger partial charge in [0.15, 0.2) is 0 Å². The number of nitrogens with one attached hydrogen (secondary N) is 1. The second-order valence-electron chi connectivity index (χ2n) is 8.36. The molecule has 0 aliphatic rings. The second-order valence-corrected chi connectivity index (χ2v) is 11.2. The SMILES string of the molecule is O=C(N/N=C\c1cc(I)cc(I)c1OCc1ccc(Cl)cc1)c1cc(-c2ccccc2)nc2ccccc12. The molecular weight excluding hydrogens is 724 g/mol. The molecule has 0 fully saturated rings. The van der Waals surface area contributed by atoms with Gasteiger partial charge < -0.3 is 4.74 Å². The lowest BCUT2D eigenvalue weighted by molar-refractivity contribution is 0.0956. The molecule has 0 aliphatic carbocycles. The van der Waals surface area contributed by atoms with Crippen LogP contribution in [0.4, 0.5) is 0 Å². The number of ether oxygens (including phenoxy) is 1. The molecule has 1 heterocycles. The van der Waals surface area contributed by atoms with Crippen molar-refractivity contribution in [3.8, 4) is 17.0 Å². The van der Waals surface area contributed by atoms with E-state index in [0.29, 0.717) is 22.9 Å². The number of halogens is 3. The number of nitrogens with zero attached hydrogens (tertiary/aromatic N) is 2. The fraction of sp³-hybridized carbons (Fsp3) is 0.0333. The molecule has 0 saturated heterocycles. The summed E-state index contributed by atoms with van der Waals surface area (Å²) in [6.45, 7) is 0.381. The number of rotatable bonds is 7. The average Bonchev–Trinajstić information content (AvgIpc) is 2.93. The van der Waals surface area contributed by atoms with E-state index in [-0.39, 0.29) is 5.91 Å².